The van der Waals surface area contributed by atoms with Crippen LogP contribution in [0.1, 0.15) is 37.7 Å². The Bertz CT molecular complexity index is 393. The molecule has 1 saturated carbocycles. The van der Waals surface area contributed by atoms with Gasteiger partial charge in [0, 0.05) is 12.0 Å². The fourth-order valence-electron chi connectivity index (χ4n) is 2.70. The molecule has 2 N–H and O–H groups in total. The maximum atomic E-state index is 13.7. The quantitative estimate of drug-likeness (QED) is 0.803. The standard InChI is InChI=1S/C13H16BrClFN/c14-12-10(15)6-9(7-11(12)16)13(8-17)4-2-1-3-5-13/h6-7H,1-5,8,17H2. The largest absolute Gasteiger partial charge is 0.330 e. The molecule has 0 heterocycles. The van der Waals surface area contributed by atoms with Gasteiger partial charge in [0.05, 0.1) is 9.50 Å². The van der Waals surface area contributed by atoms with Crippen molar-refractivity contribution in [2.45, 2.75) is 37.5 Å². The summed E-state index contributed by atoms with van der Waals surface area (Å²) >= 11 is 9.17. The van der Waals surface area contributed by atoms with Gasteiger partial charge in [0.1, 0.15) is 5.82 Å². The summed E-state index contributed by atoms with van der Waals surface area (Å²) in [4.78, 5) is 0. The van der Waals surface area contributed by atoms with E-state index in [0.717, 1.165) is 31.2 Å². The van der Waals surface area contributed by atoms with Gasteiger partial charge >= 0.3 is 0 Å². The second-order valence-corrected chi connectivity index (χ2v) is 6.00. The highest BCUT2D eigenvalue weighted by Gasteiger charge is 2.33. The lowest BCUT2D eigenvalue weighted by Gasteiger charge is -2.37. The molecule has 17 heavy (non-hydrogen) atoms. The van der Waals surface area contributed by atoms with E-state index >= 15 is 0 Å². The van der Waals surface area contributed by atoms with E-state index in [4.69, 9.17) is 17.3 Å². The van der Waals surface area contributed by atoms with Crippen LogP contribution < -0.4 is 5.73 Å². The number of nitrogens with two attached hydrogens (primary N) is 1. The molecule has 94 valence electrons. The van der Waals surface area contributed by atoms with Crippen LogP contribution in [0.15, 0.2) is 16.6 Å². The minimum atomic E-state index is -0.300. The van der Waals surface area contributed by atoms with Crippen LogP contribution in [-0.2, 0) is 5.41 Å². The molecule has 4 heteroatoms. The second-order valence-electron chi connectivity index (χ2n) is 4.80. The summed E-state index contributed by atoms with van der Waals surface area (Å²) in [6.45, 7) is 0.560. The van der Waals surface area contributed by atoms with E-state index in [0.29, 0.717) is 16.0 Å². The van der Waals surface area contributed by atoms with Crippen LogP contribution in [0.25, 0.3) is 0 Å². The first-order valence-electron chi connectivity index (χ1n) is 5.94. The van der Waals surface area contributed by atoms with E-state index in [1.165, 1.54) is 6.42 Å². The van der Waals surface area contributed by atoms with Crippen LogP contribution in [0, 0.1) is 5.82 Å². The molecule has 0 bridgehead atoms. The van der Waals surface area contributed by atoms with Gasteiger partial charge in [-0.1, -0.05) is 30.9 Å². The average Bonchev–Trinajstić information content (AvgIpc) is 2.36. The lowest BCUT2D eigenvalue weighted by molar-refractivity contribution is 0.300. The highest BCUT2D eigenvalue weighted by molar-refractivity contribution is 9.10. The normalized spacial score (nSPS) is 19.3. The topological polar surface area (TPSA) is 26.0 Å². The zero-order valence-corrected chi connectivity index (χ0v) is 12.0. The van der Waals surface area contributed by atoms with Crippen molar-refractivity contribution < 1.29 is 4.39 Å². The predicted molar refractivity (Wildman–Crippen MR) is 72.9 cm³/mol. The van der Waals surface area contributed by atoms with Crippen molar-refractivity contribution in [1.82, 2.24) is 0 Å². The summed E-state index contributed by atoms with van der Waals surface area (Å²) in [7, 11) is 0. The molecule has 0 aromatic heterocycles. The Morgan fingerprint density at radius 2 is 1.94 bits per heavy atom. The predicted octanol–water partition coefficient (Wildman–Crippen LogP) is 4.40. The lowest BCUT2D eigenvalue weighted by atomic mass is 9.69. The maximum Gasteiger partial charge on any atom is 0.139 e. The van der Waals surface area contributed by atoms with Crippen molar-refractivity contribution in [3.05, 3.63) is 33.0 Å². The van der Waals surface area contributed by atoms with E-state index in [2.05, 4.69) is 15.9 Å². The molecule has 1 fully saturated rings. The molecule has 1 aromatic carbocycles. The van der Waals surface area contributed by atoms with E-state index in [1.807, 2.05) is 6.07 Å². The van der Waals surface area contributed by atoms with E-state index in [1.54, 1.807) is 6.07 Å². The summed E-state index contributed by atoms with van der Waals surface area (Å²) in [5, 5.41) is 0.429. The molecule has 0 aliphatic heterocycles. The van der Waals surface area contributed by atoms with E-state index in [-0.39, 0.29) is 11.2 Å². The van der Waals surface area contributed by atoms with Crippen LogP contribution in [-0.4, -0.2) is 6.54 Å². The molecular formula is C13H16BrClFN. The van der Waals surface area contributed by atoms with Crippen LogP contribution in [0.4, 0.5) is 4.39 Å². The van der Waals surface area contributed by atoms with Gasteiger partial charge in [-0.2, -0.15) is 0 Å². The van der Waals surface area contributed by atoms with E-state index < -0.39 is 0 Å². The molecule has 0 unspecified atom stereocenters. The molecule has 0 saturated heterocycles. The van der Waals surface area contributed by atoms with Crippen LogP contribution in [0.5, 0.6) is 0 Å². The summed E-state index contributed by atoms with van der Waals surface area (Å²) in [5.41, 5.74) is 6.80. The number of rotatable bonds is 2. The third-order valence-electron chi connectivity index (χ3n) is 3.80. The Balaban J connectivity index is 2.43. The third-order valence-corrected chi connectivity index (χ3v) is 5.13. The van der Waals surface area contributed by atoms with Gasteiger partial charge in [-0.3, -0.25) is 0 Å². The Hall–Kier alpha value is -0.120. The molecule has 1 aromatic rings. The molecule has 0 amide bonds. The van der Waals surface area contributed by atoms with Gasteiger partial charge in [-0.05, 0) is 46.5 Å². The van der Waals surface area contributed by atoms with Crippen molar-refractivity contribution >= 4 is 27.5 Å². The zero-order chi connectivity index (χ0) is 12.5. The number of benzene rings is 1. The minimum Gasteiger partial charge on any atom is -0.330 e. The molecule has 0 spiro atoms. The minimum absolute atomic E-state index is 0.0799. The fraction of sp³-hybridized carbons (Fsp3) is 0.538. The van der Waals surface area contributed by atoms with Crippen LogP contribution in [0.2, 0.25) is 5.02 Å². The number of hydrogen-bond acceptors (Lipinski definition) is 1. The molecule has 1 aliphatic carbocycles. The first-order valence-corrected chi connectivity index (χ1v) is 7.11. The van der Waals surface area contributed by atoms with Crippen molar-refractivity contribution in [3.8, 4) is 0 Å². The number of halogens is 3. The summed E-state index contributed by atoms with van der Waals surface area (Å²) in [6.07, 6.45) is 5.62. The first-order chi connectivity index (χ1) is 8.09. The number of hydrogen-bond donors (Lipinski definition) is 1. The Labute approximate surface area is 115 Å². The monoisotopic (exact) mass is 319 g/mol. The van der Waals surface area contributed by atoms with Crippen molar-refractivity contribution in [1.29, 1.82) is 0 Å². The van der Waals surface area contributed by atoms with Crippen molar-refractivity contribution in [2.24, 2.45) is 5.73 Å². The average molecular weight is 321 g/mol. The summed E-state index contributed by atoms with van der Waals surface area (Å²) in [5.74, 6) is -0.300. The van der Waals surface area contributed by atoms with Gasteiger partial charge < -0.3 is 5.73 Å². The maximum absolute atomic E-state index is 13.7. The van der Waals surface area contributed by atoms with Gasteiger partial charge in [0.2, 0.25) is 0 Å². The van der Waals surface area contributed by atoms with Crippen molar-refractivity contribution in [2.75, 3.05) is 6.54 Å². The Morgan fingerprint density at radius 1 is 1.29 bits per heavy atom. The van der Waals surface area contributed by atoms with Gasteiger partial charge in [-0.25, -0.2) is 4.39 Å². The van der Waals surface area contributed by atoms with Gasteiger partial charge in [0.25, 0.3) is 0 Å². The highest BCUT2D eigenvalue weighted by Crippen LogP contribution is 2.41. The van der Waals surface area contributed by atoms with Crippen LogP contribution in [0.3, 0.4) is 0 Å². The van der Waals surface area contributed by atoms with E-state index in [9.17, 15) is 4.39 Å². The molecular weight excluding hydrogens is 305 g/mol. The summed E-state index contributed by atoms with van der Waals surface area (Å²) in [6, 6.07) is 3.43. The summed E-state index contributed by atoms with van der Waals surface area (Å²) < 4.78 is 14.1. The fourth-order valence-corrected chi connectivity index (χ4v) is 3.14. The zero-order valence-electron chi connectivity index (χ0n) is 9.61. The van der Waals surface area contributed by atoms with Gasteiger partial charge in [0.15, 0.2) is 0 Å². The Morgan fingerprint density at radius 3 is 2.47 bits per heavy atom. The van der Waals surface area contributed by atoms with Crippen LogP contribution >= 0.6 is 27.5 Å². The smallest absolute Gasteiger partial charge is 0.139 e. The lowest BCUT2D eigenvalue weighted by Crippen LogP contribution is -2.37. The molecule has 1 nitrogen and oxygen atoms in total. The first kappa shape index (κ1) is 13.3. The van der Waals surface area contributed by atoms with Gasteiger partial charge in [-0.15, -0.1) is 0 Å². The third kappa shape index (κ3) is 2.51. The molecule has 1 aliphatic rings. The molecule has 2 rings (SSSR count). The highest BCUT2D eigenvalue weighted by atomic mass is 79.9. The Kier molecular flexibility index (Phi) is 4.11. The molecule has 0 radical (unpaired) electrons. The van der Waals surface area contributed by atoms with Crippen molar-refractivity contribution in [3.63, 3.8) is 0 Å². The SMILES string of the molecule is NCC1(c2cc(F)c(Br)c(Cl)c2)CCCCC1. The molecule has 0 atom stereocenters. The second kappa shape index (κ2) is 5.25.